The smallest absolute Gasteiger partial charge is 0.313 e. The van der Waals surface area contributed by atoms with Crippen molar-refractivity contribution >= 4 is 5.97 Å². The third-order valence-corrected chi connectivity index (χ3v) is 3.25. The van der Waals surface area contributed by atoms with Crippen molar-refractivity contribution in [2.75, 3.05) is 13.7 Å². The Kier molecular flexibility index (Phi) is 4.29. The van der Waals surface area contributed by atoms with E-state index in [9.17, 15) is 9.90 Å². The van der Waals surface area contributed by atoms with E-state index in [1.54, 1.807) is 14.0 Å². The number of hydrogen-bond donors (Lipinski definition) is 1. The van der Waals surface area contributed by atoms with Crippen molar-refractivity contribution in [2.24, 2.45) is 0 Å². The highest BCUT2D eigenvalue weighted by Gasteiger charge is 2.35. The first-order chi connectivity index (χ1) is 7.91. The Hall–Kier alpha value is -1.35. The van der Waals surface area contributed by atoms with E-state index in [-0.39, 0.29) is 0 Å². The number of hydrogen-bond acceptors (Lipinski definition) is 2. The molecule has 0 heterocycles. The molecule has 94 valence electrons. The van der Waals surface area contributed by atoms with Crippen LogP contribution in [0.2, 0.25) is 0 Å². The molecule has 0 bridgehead atoms. The fourth-order valence-corrected chi connectivity index (χ4v) is 2.10. The second-order valence-corrected chi connectivity index (χ2v) is 4.70. The maximum Gasteiger partial charge on any atom is 0.313 e. The lowest BCUT2D eigenvalue weighted by molar-refractivity contribution is -0.144. The number of carboxylic acid groups (broad SMARTS) is 1. The minimum absolute atomic E-state index is 0.441. The van der Waals surface area contributed by atoms with Crippen LogP contribution in [0.3, 0.4) is 0 Å². The molecule has 0 spiro atoms. The Morgan fingerprint density at radius 3 is 2.53 bits per heavy atom. The third-order valence-electron chi connectivity index (χ3n) is 3.25. The van der Waals surface area contributed by atoms with E-state index in [2.05, 4.69) is 0 Å². The zero-order valence-electron chi connectivity index (χ0n) is 10.9. The van der Waals surface area contributed by atoms with Gasteiger partial charge in [-0.2, -0.15) is 0 Å². The summed E-state index contributed by atoms with van der Waals surface area (Å²) < 4.78 is 5.01. The summed E-state index contributed by atoms with van der Waals surface area (Å²) in [6.45, 7) is 6.16. The maximum absolute atomic E-state index is 11.5. The molecule has 0 aliphatic carbocycles. The van der Waals surface area contributed by atoms with E-state index in [0.29, 0.717) is 13.0 Å². The van der Waals surface area contributed by atoms with Gasteiger partial charge in [0.2, 0.25) is 0 Å². The number of ether oxygens (including phenoxy) is 1. The molecular weight excluding hydrogens is 216 g/mol. The van der Waals surface area contributed by atoms with Crippen LogP contribution >= 0.6 is 0 Å². The van der Waals surface area contributed by atoms with E-state index >= 15 is 0 Å². The highest BCUT2D eigenvalue weighted by atomic mass is 16.5. The minimum atomic E-state index is -0.881. The first-order valence-electron chi connectivity index (χ1n) is 5.72. The van der Waals surface area contributed by atoms with Crippen molar-refractivity contribution in [3.05, 3.63) is 34.9 Å². The summed E-state index contributed by atoms with van der Waals surface area (Å²) in [5.74, 6) is -0.804. The minimum Gasteiger partial charge on any atom is -0.481 e. The lowest BCUT2D eigenvalue weighted by Gasteiger charge is -2.27. The lowest BCUT2D eigenvalue weighted by Crippen LogP contribution is -2.34. The summed E-state index contributed by atoms with van der Waals surface area (Å²) in [7, 11) is 1.59. The Balaban J connectivity index is 3.17. The monoisotopic (exact) mass is 236 g/mol. The Bertz CT molecular complexity index is 412. The number of methoxy groups -OCH3 is 1. The fraction of sp³-hybridized carbons (Fsp3) is 0.500. The van der Waals surface area contributed by atoms with Crippen molar-refractivity contribution in [1.29, 1.82) is 0 Å². The molecule has 0 amide bonds. The van der Waals surface area contributed by atoms with E-state index in [1.165, 1.54) is 0 Å². The average molecular weight is 236 g/mol. The zero-order chi connectivity index (χ0) is 13.1. The lowest BCUT2D eigenvalue weighted by atomic mass is 9.77. The molecule has 1 rings (SSSR count). The molecule has 1 N–H and O–H groups in total. The third kappa shape index (κ3) is 2.86. The van der Waals surface area contributed by atoms with Gasteiger partial charge >= 0.3 is 5.97 Å². The highest BCUT2D eigenvalue weighted by molar-refractivity contribution is 5.81. The molecular formula is C14H20O3. The molecule has 0 saturated heterocycles. The number of aliphatic carboxylic acids is 1. The van der Waals surface area contributed by atoms with Crippen LogP contribution in [0.4, 0.5) is 0 Å². The van der Waals surface area contributed by atoms with Gasteiger partial charge in [-0.3, -0.25) is 4.79 Å². The van der Waals surface area contributed by atoms with Gasteiger partial charge in [0.1, 0.15) is 0 Å². The van der Waals surface area contributed by atoms with Crippen molar-refractivity contribution in [1.82, 2.24) is 0 Å². The fourth-order valence-electron chi connectivity index (χ4n) is 2.10. The van der Waals surface area contributed by atoms with Gasteiger partial charge < -0.3 is 9.84 Å². The molecule has 0 fully saturated rings. The van der Waals surface area contributed by atoms with Crippen LogP contribution in [0, 0.1) is 13.8 Å². The number of carbonyl (C=O) groups is 1. The summed E-state index contributed by atoms with van der Waals surface area (Å²) in [6, 6.07) is 5.88. The van der Waals surface area contributed by atoms with Crippen LogP contribution in [0.1, 0.15) is 30.0 Å². The average Bonchev–Trinajstić information content (AvgIpc) is 2.25. The van der Waals surface area contributed by atoms with Crippen LogP contribution < -0.4 is 0 Å². The molecule has 0 saturated carbocycles. The molecule has 1 unspecified atom stereocenters. The van der Waals surface area contributed by atoms with E-state index in [4.69, 9.17) is 4.74 Å². The molecule has 0 radical (unpaired) electrons. The van der Waals surface area contributed by atoms with Crippen molar-refractivity contribution in [3.63, 3.8) is 0 Å². The van der Waals surface area contributed by atoms with Gasteiger partial charge in [-0.05, 0) is 38.3 Å². The topological polar surface area (TPSA) is 46.5 Å². The van der Waals surface area contributed by atoms with E-state index < -0.39 is 11.4 Å². The molecule has 1 aromatic carbocycles. The summed E-state index contributed by atoms with van der Waals surface area (Å²) in [6.07, 6.45) is 0.475. The number of benzene rings is 1. The first kappa shape index (κ1) is 13.7. The Morgan fingerprint density at radius 1 is 1.41 bits per heavy atom. The molecule has 3 nitrogen and oxygen atoms in total. The molecule has 0 aliphatic heterocycles. The van der Waals surface area contributed by atoms with Gasteiger partial charge in [-0.25, -0.2) is 0 Å². The zero-order valence-corrected chi connectivity index (χ0v) is 10.9. The second kappa shape index (κ2) is 5.32. The molecule has 0 aromatic heterocycles. The SMILES string of the molecule is COCCC(C)(C(=O)O)c1ccc(C)cc1C. The summed E-state index contributed by atoms with van der Waals surface area (Å²) in [4.78, 5) is 11.5. The Morgan fingerprint density at radius 2 is 2.06 bits per heavy atom. The summed E-state index contributed by atoms with van der Waals surface area (Å²) in [5, 5.41) is 9.45. The van der Waals surface area contributed by atoms with Crippen LogP contribution in [-0.4, -0.2) is 24.8 Å². The van der Waals surface area contributed by atoms with Crippen LogP contribution in [0.15, 0.2) is 18.2 Å². The van der Waals surface area contributed by atoms with E-state index in [1.807, 2.05) is 32.0 Å². The number of carboxylic acids is 1. The van der Waals surface area contributed by atoms with Gasteiger partial charge in [0.05, 0.1) is 5.41 Å². The second-order valence-electron chi connectivity index (χ2n) is 4.70. The van der Waals surface area contributed by atoms with Gasteiger partial charge in [0.15, 0.2) is 0 Å². The molecule has 3 heteroatoms. The predicted octanol–water partition coefficient (Wildman–Crippen LogP) is 2.68. The van der Waals surface area contributed by atoms with Gasteiger partial charge in [0, 0.05) is 13.7 Å². The van der Waals surface area contributed by atoms with Crippen molar-refractivity contribution < 1.29 is 14.6 Å². The molecule has 0 aliphatic rings. The molecule has 1 aromatic rings. The van der Waals surface area contributed by atoms with E-state index in [0.717, 1.165) is 16.7 Å². The van der Waals surface area contributed by atoms with Crippen LogP contribution in [-0.2, 0) is 14.9 Å². The molecule has 17 heavy (non-hydrogen) atoms. The largest absolute Gasteiger partial charge is 0.481 e. The standard InChI is InChI=1S/C14H20O3/c1-10-5-6-12(11(2)9-10)14(3,13(15)16)7-8-17-4/h5-6,9H,7-8H2,1-4H3,(H,15,16). The number of rotatable bonds is 5. The quantitative estimate of drug-likeness (QED) is 0.855. The molecule has 1 atom stereocenters. The van der Waals surface area contributed by atoms with Gasteiger partial charge in [-0.1, -0.05) is 23.8 Å². The summed E-state index contributed by atoms with van der Waals surface area (Å²) in [5.41, 5.74) is 2.15. The van der Waals surface area contributed by atoms with Crippen molar-refractivity contribution in [2.45, 2.75) is 32.6 Å². The highest BCUT2D eigenvalue weighted by Crippen LogP contribution is 2.31. The van der Waals surface area contributed by atoms with Crippen molar-refractivity contribution in [3.8, 4) is 0 Å². The van der Waals surface area contributed by atoms with Gasteiger partial charge in [-0.15, -0.1) is 0 Å². The van der Waals surface area contributed by atoms with Gasteiger partial charge in [0.25, 0.3) is 0 Å². The van der Waals surface area contributed by atoms with Crippen LogP contribution in [0.25, 0.3) is 0 Å². The maximum atomic E-state index is 11.5. The number of aryl methyl sites for hydroxylation is 2. The normalized spacial score (nSPS) is 14.4. The Labute approximate surface area is 102 Å². The first-order valence-corrected chi connectivity index (χ1v) is 5.72. The summed E-state index contributed by atoms with van der Waals surface area (Å²) >= 11 is 0. The van der Waals surface area contributed by atoms with Crippen LogP contribution in [0.5, 0.6) is 0 Å². The predicted molar refractivity (Wildman–Crippen MR) is 67.4 cm³/mol.